The SMILES string of the molecule is COc1ccc(N(c2ccc(O)cc2)c2ccc3c(c2)Oc2cc(N(c4ccc(OC)cc4)c4ccc(OC)cc4)ccc2C32OC(=O)c3ccccc32)cc1. The smallest absolute Gasteiger partial charge is 0.340 e. The van der Waals surface area contributed by atoms with Gasteiger partial charge in [0.2, 0.25) is 0 Å². The second-order valence-corrected chi connectivity index (χ2v) is 13.4. The number of carbonyl (C=O) groups excluding carboxylic acids is 1. The zero-order chi connectivity index (χ0) is 38.4. The number of ether oxygens (including phenoxy) is 5. The lowest BCUT2D eigenvalue weighted by Gasteiger charge is -2.38. The lowest BCUT2D eigenvalue weighted by Crippen LogP contribution is -2.33. The van der Waals surface area contributed by atoms with E-state index < -0.39 is 11.6 Å². The Bertz CT molecular complexity index is 2530. The van der Waals surface area contributed by atoms with E-state index in [1.807, 2.05) is 140 Å². The Morgan fingerprint density at radius 3 is 1.30 bits per heavy atom. The van der Waals surface area contributed by atoms with Crippen LogP contribution in [0.15, 0.2) is 158 Å². The normalized spacial score (nSPS) is 14.8. The summed E-state index contributed by atoms with van der Waals surface area (Å²) in [5, 5.41) is 10.2. The second kappa shape index (κ2) is 13.8. The molecule has 0 aromatic heterocycles. The first-order chi connectivity index (χ1) is 27.4. The maximum atomic E-state index is 13.7. The number of anilines is 6. The van der Waals surface area contributed by atoms with Gasteiger partial charge in [-0.15, -0.1) is 0 Å². The summed E-state index contributed by atoms with van der Waals surface area (Å²) in [6, 6.07) is 49.8. The van der Waals surface area contributed by atoms with Gasteiger partial charge in [0.15, 0.2) is 5.60 Å². The summed E-state index contributed by atoms with van der Waals surface area (Å²) in [7, 11) is 4.92. The predicted molar refractivity (Wildman–Crippen MR) is 215 cm³/mol. The molecule has 1 atom stereocenters. The number of carbonyl (C=O) groups is 1. The monoisotopic (exact) mass is 740 g/mol. The Labute approximate surface area is 324 Å². The van der Waals surface area contributed by atoms with E-state index in [9.17, 15) is 9.90 Å². The molecule has 0 saturated heterocycles. The van der Waals surface area contributed by atoms with Gasteiger partial charge in [0.1, 0.15) is 34.5 Å². The average molecular weight is 741 g/mol. The summed E-state index contributed by atoms with van der Waals surface area (Å²) in [6.07, 6.45) is 0. The lowest BCUT2D eigenvalue weighted by molar-refractivity contribution is 0.0224. The van der Waals surface area contributed by atoms with Crippen molar-refractivity contribution in [2.75, 3.05) is 31.1 Å². The highest BCUT2D eigenvalue weighted by Gasteiger charge is 2.53. The summed E-state index contributed by atoms with van der Waals surface area (Å²) in [5.41, 5.74) is 6.42. The van der Waals surface area contributed by atoms with Crippen LogP contribution in [-0.4, -0.2) is 32.4 Å². The molecule has 9 nitrogen and oxygen atoms in total. The quantitative estimate of drug-likeness (QED) is 0.145. The largest absolute Gasteiger partial charge is 0.508 e. The van der Waals surface area contributed by atoms with Crippen molar-refractivity contribution in [1.29, 1.82) is 0 Å². The third-order valence-electron chi connectivity index (χ3n) is 10.3. The van der Waals surface area contributed by atoms with E-state index in [2.05, 4.69) is 9.80 Å². The van der Waals surface area contributed by atoms with Crippen molar-refractivity contribution in [3.05, 3.63) is 180 Å². The fourth-order valence-electron chi connectivity index (χ4n) is 7.62. The number of hydrogen-bond donors (Lipinski definition) is 1. The van der Waals surface area contributed by atoms with Gasteiger partial charge in [-0.2, -0.15) is 0 Å². The van der Waals surface area contributed by atoms with Crippen molar-refractivity contribution in [2.45, 2.75) is 5.60 Å². The Morgan fingerprint density at radius 1 is 0.482 bits per heavy atom. The Balaban J connectivity index is 1.23. The maximum absolute atomic E-state index is 13.7. The Hall–Kier alpha value is -7.39. The van der Waals surface area contributed by atoms with Crippen LogP contribution in [0.4, 0.5) is 34.1 Å². The molecule has 276 valence electrons. The molecule has 9 heteroatoms. The fraction of sp³-hybridized carbons (Fsp3) is 0.0851. The third kappa shape index (κ3) is 5.68. The standard InChI is InChI=1S/C47H36N2O7/c1-52-37-20-10-31(11-21-37)48(30-8-18-36(50)19-9-30)34-16-26-42-44(28-34)55-45-29-35(17-27-43(45)47(42)41-7-5-4-6-40(41)46(51)56-47)49(32-12-22-38(53-2)23-13-32)33-14-24-39(54-3)25-15-33/h4-29,50H,1-3H3. The Morgan fingerprint density at radius 2 is 0.875 bits per heavy atom. The summed E-state index contributed by atoms with van der Waals surface area (Å²) in [6.45, 7) is 0. The first-order valence-electron chi connectivity index (χ1n) is 18.0. The number of benzene rings is 7. The van der Waals surface area contributed by atoms with Crippen LogP contribution in [0.1, 0.15) is 27.0 Å². The van der Waals surface area contributed by atoms with Crippen molar-refractivity contribution >= 4 is 40.1 Å². The highest BCUT2D eigenvalue weighted by molar-refractivity contribution is 5.97. The molecule has 0 fully saturated rings. The number of esters is 1. The van der Waals surface area contributed by atoms with Crippen LogP contribution in [0.3, 0.4) is 0 Å². The molecular weight excluding hydrogens is 705 g/mol. The molecular formula is C47H36N2O7. The molecule has 56 heavy (non-hydrogen) atoms. The number of aromatic hydroxyl groups is 1. The van der Waals surface area contributed by atoms with Crippen LogP contribution >= 0.6 is 0 Å². The van der Waals surface area contributed by atoms with E-state index in [4.69, 9.17) is 23.7 Å². The molecule has 0 bridgehead atoms. The van der Waals surface area contributed by atoms with Crippen molar-refractivity contribution in [3.8, 4) is 34.5 Å². The topological polar surface area (TPSA) is 89.9 Å². The van der Waals surface area contributed by atoms with Gasteiger partial charge in [0.25, 0.3) is 0 Å². The number of rotatable bonds is 9. The van der Waals surface area contributed by atoms with Gasteiger partial charge < -0.3 is 38.6 Å². The van der Waals surface area contributed by atoms with E-state index in [0.29, 0.717) is 28.2 Å². The van der Waals surface area contributed by atoms with Gasteiger partial charge >= 0.3 is 5.97 Å². The van der Waals surface area contributed by atoms with Crippen molar-refractivity contribution in [3.63, 3.8) is 0 Å². The second-order valence-electron chi connectivity index (χ2n) is 13.4. The first kappa shape index (κ1) is 34.4. The molecule has 2 aliphatic rings. The van der Waals surface area contributed by atoms with Gasteiger partial charge in [-0.1, -0.05) is 18.2 Å². The van der Waals surface area contributed by atoms with Crippen LogP contribution in [0.2, 0.25) is 0 Å². The van der Waals surface area contributed by atoms with Crippen LogP contribution in [0.25, 0.3) is 0 Å². The molecule has 7 aromatic rings. The minimum absolute atomic E-state index is 0.159. The van der Waals surface area contributed by atoms with Gasteiger partial charge in [0, 0.05) is 62.9 Å². The molecule has 7 aromatic carbocycles. The highest BCUT2D eigenvalue weighted by Crippen LogP contribution is 2.58. The van der Waals surface area contributed by atoms with Crippen molar-refractivity contribution < 1.29 is 33.6 Å². The number of methoxy groups -OCH3 is 3. The molecule has 1 N–H and O–H groups in total. The minimum atomic E-state index is -1.28. The summed E-state index contributed by atoms with van der Waals surface area (Å²) >= 11 is 0. The average Bonchev–Trinajstić information content (AvgIpc) is 3.54. The number of nitrogens with zero attached hydrogens (tertiary/aromatic N) is 2. The van der Waals surface area contributed by atoms with Crippen molar-refractivity contribution in [2.24, 2.45) is 0 Å². The van der Waals surface area contributed by atoms with E-state index in [1.54, 1.807) is 39.5 Å². The Kier molecular flexibility index (Phi) is 8.47. The molecule has 0 saturated carbocycles. The third-order valence-corrected chi connectivity index (χ3v) is 10.3. The zero-order valence-electron chi connectivity index (χ0n) is 30.8. The maximum Gasteiger partial charge on any atom is 0.340 e. The molecule has 1 spiro atoms. The van der Waals surface area contributed by atoms with Gasteiger partial charge in [-0.3, -0.25) is 0 Å². The molecule has 0 aliphatic carbocycles. The molecule has 0 radical (unpaired) electrons. The van der Waals surface area contributed by atoms with E-state index in [1.165, 1.54) is 0 Å². The summed E-state index contributed by atoms with van der Waals surface area (Å²) in [5.74, 6) is 3.01. The fourth-order valence-corrected chi connectivity index (χ4v) is 7.62. The summed E-state index contributed by atoms with van der Waals surface area (Å²) < 4.78 is 29.8. The molecule has 2 aliphatic heterocycles. The highest BCUT2D eigenvalue weighted by atomic mass is 16.6. The van der Waals surface area contributed by atoms with Gasteiger partial charge in [0.05, 0.1) is 26.9 Å². The van der Waals surface area contributed by atoms with Crippen LogP contribution in [0, 0.1) is 0 Å². The number of fused-ring (bicyclic) bond motifs is 6. The van der Waals surface area contributed by atoms with Crippen LogP contribution < -0.4 is 28.7 Å². The van der Waals surface area contributed by atoms with Crippen molar-refractivity contribution in [1.82, 2.24) is 0 Å². The number of hydrogen-bond acceptors (Lipinski definition) is 9. The van der Waals surface area contributed by atoms with Crippen LogP contribution in [0.5, 0.6) is 34.5 Å². The molecule has 2 heterocycles. The van der Waals surface area contributed by atoms with E-state index in [0.717, 1.165) is 56.9 Å². The zero-order valence-corrected chi connectivity index (χ0v) is 30.8. The number of phenols is 1. The number of phenolic OH excluding ortho intramolecular Hbond substituents is 1. The first-order valence-corrected chi connectivity index (χ1v) is 18.0. The molecule has 1 unspecified atom stereocenters. The van der Waals surface area contributed by atoms with Gasteiger partial charge in [-0.25, -0.2) is 4.79 Å². The van der Waals surface area contributed by atoms with E-state index >= 15 is 0 Å². The molecule has 9 rings (SSSR count). The van der Waals surface area contributed by atoms with Crippen LogP contribution in [-0.2, 0) is 10.3 Å². The van der Waals surface area contributed by atoms with Gasteiger partial charge in [-0.05, 0) is 127 Å². The van der Waals surface area contributed by atoms with E-state index in [-0.39, 0.29) is 5.75 Å². The molecule has 0 amide bonds. The minimum Gasteiger partial charge on any atom is -0.508 e. The summed E-state index contributed by atoms with van der Waals surface area (Å²) in [4.78, 5) is 17.9. The lowest BCUT2D eigenvalue weighted by atomic mass is 9.77. The predicted octanol–water partition coefficient (Wildman–Crippen LogP) is 10.9.